The summed E-state index contributed by atoms with van der Waals surface area (Å²) in [4.78, 5) is 0. The van der Waals surface area contributed by atoms with E-state index < -0.39 is 0 Å². The quantitative estimate of drug-likeness (QED) is 0.599. The standard InChI is InChI=1S/C17H18Cl2/c1-17(2,3)14-8-4-12(5-9-14)16(19)13-6-10-15(18)11-7-13/h4-11,16H,1-3H3. The van der Waals surface area contributed by atoms with Crippen LogP contribution < -0.4 is 0 Å². The first-order chi connectivity index (χ1) is 8.88. The minimum Gasteiger partial charge on any atom is -0.113 e. The molecule has 0 nitrogen and oxygen atoms in total. The lowest BCUT2D eigenvalue weighted by molar-refractivity contribution is 0.590. The summed E-state index contributed by atoms with van der Waals surface area (Å²) in [7, 11) is 0. The van der Waals surface area contributed by atoms with E-state index in [-0.39, 0.29) is 10.8 Å². The fourth-order valence-corrected chi connectivity index (χ4v) is 2.39. The van der Waals surface area contributed by atoms with Gasteiger partial charge in [-0.1, -0.05) is 68.8 Å². The zero-order valence-corrected chi connectivity index (χ0v) is 13.0. The van der Waals surface area contributed by atoms with Gasteiger partial charge in [-0.2, -0.15) is 0 Å². The van der Waals surface area contributed by atoms with Crippen molar-refractivity contribution in [1.82, 2.24) is 0 Å². The SMILES string of the molecule is CC(C)(C)c1ccc(C(Cl)c2ccc(Cl)cc2)cc1. The normalized spacial score (nSPS) is 13.3. The minimum atomic E-state index is -0.133. The van der Waals surface area contributed by atoms with Crippen LogP contribution in [0.5, 0.6) is 0 Å². The monoisotopic (exact) mass is 292 g/mol. The van der Waals surface area contributed by atoms with Crippen molar-refractivity contribution < 1.29 is 0 Å². The van der Waals surface area contributed by atoms with Crippen molar-refractivity contribution in [3.63, 3.8) is 0 Å². The molecule has 2 aromatic rings. The summed E-state index contributed by atoms with van der Waals surface area (Å²) in [6, 6.07) is 16.2. The molecule has 0 saturated carbocycles. The summed E-state index contributed by atoms with van der Waals surface area (Å²) in [6.45, 7) is 6.62. The van der Waals surface area contributed by atoms with Gasteiger partial charge >= 0.3 is 0 Å². The van der Waals surface area contributed by atoms with E-state index in [0.717, 1.165) is 16.1 Å². The van der Waals surface area contributed by atoms with Crippen molar-refractivity contribution in [2.75, 3.05) is 0 Å². The summed E-state index contributed by atoms with van der Waals surface area (Å²) < 4.78 is 0. The minimum absolute atomic E-state index is 0.133. The van der Waals surface area contributed by atoms with Crippen LogP contribution in [-0.4, -0.2) is 0 Å². The van der Waals surface area contributed by atoms with Gasteiger partial charge in [0.2, 0.25) is 0 Å². The summed E-state index contributed by atoms with van der Waals surface area (Å²) in [5.41, 5.74) is 3.66. The maximum atomic E-state index is 6.51. The Bertz CT molecular complexity index is 533. The van der Waals surface area contributed by atoms with Crippen LogP contribution in [0.3, 0.4) is 0 Å². The second kappa shape index (κ2) is 5.56. The lowest BCUT2D eigenvalue weighted by atomic mass is 9.86. The van der Waals surface area contributed by atoms with Crippen LogP contribution in [0, 0.1) is 0 Å². The molecular weight excluding hydrogens is 275 g/mol. The van der Waals surface area contributed by atoms with Gasteiger partial charge in [0.25, 0.3) is 0 Å². The summed E-state index contributed by atoms with van der Waals surface area (Å²) in [6.07, 6.45) is 0. The molecule has 2 aromatic carbocycles. The van der Waals surface area contributed by atoms with Crippen LogP contribution in [0.1, 0.15) is 42.8 Å². The van der Waals surface area contributed by atoms with Gasteiger partial charge in [0.15, 0.2) is 0 Å². The highest BCUT2D eigenvalue weighted by Gasteiger charge is 2.15. The molecule has 2 rings (SSSR count). The molecule has 0 bridgehead atoms. The average molecular weight is 293 g/mol. The number of halogens is 2. The zero-order chi connectivity index (χ0) is 14.0. The first kappa shape index (κ1) is 14.4. The molecule has 0 N–H and O–H groups in total. The molecule has 2 heteroatoms. The van der Waals surface area contributed by atoms with Crippen LogP contribution in [0.4, 0.5) is 0 Å². The topological polar surface area (TPSA) is 0 Å². The highest BCUT2D eigenvalue weighted by atomic mass is 35.5. The van der Waals surface area contributed by atoms with E-state index in [4.69, 9.17) is 23.2 Å². The van der Waals surface area contributed by atoms with Crippen molar-refractivity contribution in [2.24, 2.45) is 0 Å². The zero-order valence-electron chi connectivity index (χ0n) is 11.5. The Labute approximate surface area is 125 Å². The molecule has 0 heterocycles. The van der Waals surface area contributed by atoms with Gasteiger partial charge in [-0.3, -0.25) is 0 Å². The van der Waals surface area contributed by atoms with Crippen molar-refractivity contribution >= 4 is 23.2 Å². The third-order valence-electron chi connectivity index (χ3n) is 3.23. The average Bonchev–Trinajstić information content (AvgIpc) is 2.38. The molecule has 0 aliphatic carbocycles. The third-order valence-corrected chi connectivity index (χ3v) is 3.99. The first-order valence-electron chi connectivity index (χ1n) is 6.38. The predicted molar refractivity (Wildman–Crippen MR) is 84.3 cm³/mol. The van der Waals surface area contributed by atoms with E-state index in [1.165, 1.54) is 5.56 Å². The molecule has 0 aromatic heterocycles. The number of benzene rings is 2. The molecule has 0 radical (unpaired) electrons. The fraction of sp³-hybridized carbons (Fsp3) is 0.294. The van der Waals surface area contributed by atoms with Gasteiger partial charge in [0.1, 0.15) is 0 Å². The van der Waals surface area contributed by atoms with Crippen LogP contribution in [0.25, 0.3) is 0 Å². The van der Waals surface area contributed by atoms with Gasteiger partial charge in [0.05, 0.1) is 5.38 Å². The second-order valence-corrected chi connectivity index (χ2v) is 6.66. The van der Waals surface area contributed by atoms with Gasteiger partial charge in [-0.15, -0.1) is 11.6 Å². The van der Waals surface area contributed by atoms with E-state index in [0.29, 0.717) is 0 Å². The summed E-state index contributed by atoms with van der Waals surface area (Å²) in [5, 5.41) is 0.599. The lowest BCUT2D eigenvalue weighted by Gasteiger charge is -2.20. The molecule has 0 amide bonds. The molecule has 1 atom stereocenters. The molecule has 0 saturated heterocycles. The van der Waals surface area contributed by atoms with Gasteiger partial charge in [-0.25, -0.2) is 0 Å². The molecule has 0 aliphatic rings. The Morgan fingerprint density at radius 1 is 0.789 bits per heavy atom. The number of alkyl halides is 1. The van der Waals surface area contributed by atoms with Crippen molar-refractivity contribution in [2.45, 2.75) is 31.6 Å². The highest BCUT2D eigenvalue weighted by Crippen LogP contribution is 2.31. The molecule has 19 heavy (non-hydrogen) atoms. The highest BCUT2D eigenvalue weighted by molar-refractivity contribution is 6.30. The third kappa shape index (κ3) is 3.52. The largest absolute Gasteiger partial charge is 0.113 e. The van der Waals surface area contributed by atoms with E-state index in [9.17, 15) is 0 Å². The smallest absolute Gasteiger partial charge is 0.0835 e. The molecular formula is C17H18Cl2. The lowest BCUT2D eigenvalue weighted by Crippen LogP contribution is -2.10. The van der Waals surface area contributed by atoms with E-state index in [1.54, 1.807) is 0 Å². The Kier molecular flexibility index (Phi) is 4.23. The second-order valence-electron chi connectivity index (χ2n) is 5.79. The fourth-order valence-electron chi connectivity index (χ4n) is 1.98. The van der Waals surface area contributed by atoms with Crippen molar-refractivity contribution in [3.05, 3.63) is 70.2 Å². The Hall–Kier alpha value is -0.980. The summed E-state index contributed by atoms with van der Waals surface area (Å²) >= 11 is 12.4. The molecule has 0 fully saturated rings. The Balaban J connectivity index is 2.25. The predicted octanol–water partition coefficient (Wildman–Crippen LogP) is 5.97. The van der Waals surface area contributed by atoms with E-state index in [1.807, 2.05) is 24.3 Å². The number of hydrogen-bond acceptors (Lipinski definition) is 0. The van der Waals surface area contributed by atoms with Crippen LogP contribution in [-0.2, 0) is 5.41 Å². The molecule has 0 aliphatic heterocycles. The first-order valence-corrected chi connectivity index (χ1v) is 7.19. The van der Waals surface area contributed by atoms with E-state index >= 15 is 0 Å². The Morgan fingerprint density at radius 3 is 1.63 bits per heavy atom. The Morgan fingerprint density at radius 2 is 1.21 bits per heavy atom. The number of rotatable bonds is 2. The molecule has 0 spiro atoms. The van der Waals surface area contributed by atoms with Gasteiger partial charge in [-0.05, 0) is 34.2 Å². The number of hydrogen-bond donors (Lipinski definition) is 0. The van der Waals surface area contributed by atoms with Gasteiger partial charge < -0.3 is 0 Å². The van der Waals surface area contributed by atoms with Crippen LogP contribution >= 0.6 is 23.2 Å². The van der Waals surface area contributed by atoms with E-state index in [2.05, 4.69) is 45.0 Å². The molecule has 1 unspecified atom stereocenters. The summed E-state index contributed by atoms with van der Waals surface area (Å²) in [5.74, 6) is 0. The van der Waals surface area contributed by atoms with Crippen molar-refractivity contribution in [3.8, 4) is 0 Å². The maximum absolute atomic E-state index is 6.51. The van der Waals surface area contributed by atoms with Crippen LogP contribution in [0.15, 0.2) is 48.5 Å². The van der Waals surface area contributed by atoms with Crippen molar-refractivity contribution in [1.29, 1.82) is 0 Å². The maximum Gasteiger partial charge on any atom is 0.0835 e. The van der Waals surface area contributed by atoms with Gasteiger partial charge in [0, 0.05) is 5.02 Å². The van der Waals surface area contributed by atoms with Crippen LogP contribution in [0.2, 0.25) is 5.02 Å². The molecule has 100 valence electrons.